The lowest BCUT2D eigenvalue weighted by molar-refractivity contribution is -0.120. The van der Waals surface area contributed by atoms with Gasteiger partial charge in [0.05, 0.1) is 11.0 Å². The molecule has 2 aliphatic carbocycles. The predicted molar refractivity (Wildman–Crippen MR) is 134 cm³/mol. The molecule has 2 N–H and O–H groups in total. The fourth-order valence-electron chi connectivity index (χ4n) is 7.03. The van der Waals surface area contributed by atoms with E-state index in [1.165, 1.54) is 54.4 Å². The first-order chi connectivity index (χ1) is 16.9. The summed E-state index contributed by atoms with van der Waals surface area (Å²) in [6.07, 6.45) is 7.96. The second-order valence-electron chi connectivity index (χ2n) is 10.6. The largest absolute Gasteiger partial charge is 0.368 e. The molecule has 1 saturated heterocycles. The van der Waals surface area contributed by atoms with Gasteiger partial charge in [0.1, 0.15) is 11.9 Å². The molecule has 0 saturated carbocycles. The fourth-order valence-corrected chi connectivity index (χ4v) is 7.03. The zero-order chi connectivity index (χ0) is 24.3. The topological polar surface area (TPSA) is 73.3 Å². The van der Waals surface area contributed by atoms with Gasteiger partial charge >= 0.3 is 5.69 Å². The molecule has 2 heterocycles. The fraction of sp³-hybridized carbons (Fsp3) is 0.500. The van der Waals surface area contributed by atoms with Crippen LogP contribution >= 0.6 is 0 Å². The summed E-state index contributed by atoms with van der Waals surface area (Å²) in [4.78, 5) is 28.0. The molecule has 6 nitrogen and oxygen atoms in total. The normalized spacial score (nSPS) is 23.8. The van der Waals surface area contributed by atoms with Gasteiger partial charge in [-0.25, -0.2) is 9.18 Å². The number of primary amides is 1. The van der Waals surface area contributed by atoms with Crippen molar-refractivity contribution in [1.82, 2.24) is 14.0 Å². The molecule has 0 bridgehead atoms. The Hall–Kier alpha value is -2.93. The monoisotopic (exact) mass is 476 g/mol. The average Bonchev–Trinajstić information content (AvgIpc) is 3.15. The Kier molecular flexibility index (Phi) is 5.55. The first-order valence-electron chi connectivity index (χ1n) is 13.0. The van der Waals surface area contributed by atoms with Crippen molar-refractivity contribution in [2.75, 3.05) is 13.1 Å². The number of rotatable bonds is 4. The van der Waals surface area contributed by atoms with E-state index in [0.29, 0.717) is 17.1 Å². The number of benzene rings is 2. The number of hydrogen-bond donors (Lipinski definition) is 1. The number of carbonyl (C=O) groups is 1. The Labute approximate surface area is 204 Å². The molecular weight excluding hydrogens is 443 g/mol. The van der Waals surface area contributed by atoms with Crippen LogP contribution in [0.3, 0.4) is 0 Å². The van der Waals surface area contributed by atoms with Crippen LogP contribution in [0.25, 0.3) is 11.0 Å². The molecule has 2 aromatic carbocycles. The minimum absolute atomic E-state index is 0.00839. The summed E-state index contributed by atoms with van der Waals surface area (Å²) < 4.78 is 17.2. The van der Waals surface area contributed by atoms with Gasteiger partial charge in [-0.15, -0.1) is 0 Å². The van der Waals surface area contributed by atoms with Gasteiger partial charge in [-0.05, 0) is 92.7 Å². The quantitative estimate of drug-likeness (QED) is 0.599. The number of likely N-dealkylation sites (tertiary alicyclic amines) is 1. The zero-order valence-electron chi connectivity index (χ0n) is 20.3. The van der Waals surface area contributed by atoms with Gasteiger partial charge in [-0.3, -0.25) is 18.8 Å². The van der Waals surface area contributed by atoms with Crippen molar-refractivity contribution in [2.24, 2.45) is 5.73 Å². The highest BCUT2D eigenvalue weighted by Gasteiger charge is 2.36. The van der Waals surface area contributed by atoms with E-state index >= 15 is 0 Å². The molecule has 1 amide bonds. The highest BCUT2D eigenvalue weighted by atomic mass is 19.1. The third kappa shape index (κ3) is 3.63. The Balaban J connectivity index is 1.29. The standard InChI is InChI=1S/C28H33FN4O2/c1-17(27(30)34)32-25-16-20(29)9-11-24(25)33(28(32)35)21-12-14-31(15-13-21)23-10-8-19-5-2-4-18-6-3-7-22(23)26(18)19/h3,6-7,9,11,16-17,19,21,23H,2,4-5,8,10,12-15H2,1H3,(H2,30,34). The molecule has 0 spiro atoms. The summed E-state index contributed by atoms with van der Waals surface area (Å²) in [5, 5.41) is 0. The Bertz CT molecular complexity index is 1350. The summed E-state index contributed by atoms with van der Waals surface area (Å²) in [5.41, 5.74) is 11.0. The number of halogens is 1. The SMILES string of the molecule is CC(C(N)=O)n1c(=O)n(C2CCN(C3CCC4CCCc5cccc3c54)CC2)c2ccc(F)cc21. The number of fused-ring (bicyclic) bond motifs is 1. The van der Waals surface area contributed by atoms with Crippen molar-refractivity contribution in [3.63, 3.8) is 0 Å². The molecule has 3 unspecified atom stereocenters. The Morgan fingerprint density at radius 1 is 1.06 bits per heavy atom. The molecule has 1 aliphatic heterocycles. The van der Waals surface area contributed by atoms with Crippen molar-refractivity contribution >= 4 is 16.9 Å². The molecule has 0 radical (unpaired) electrons. The van der Waals surface area contributed by atoms with E-state index in [1.54, 1.807) is 28.7 Å². The number of amides is 1. The number of nitrogens with two attached hydrogens (primary N) is 1. The number of hydrogen-bond acceptors (Lipinski definition) is 3. The van der Waals surface area contributed by atoms with Gasteiger partial charge in [0.2, 0.25) is 5.91 Å². The minimum atomic E-state index is -0.840. The number of aryl methyl sites for hydroxylation is 1. The van der Waals surface area contributed by atoms with E-state index in [0.717, 1.165) is 31.8 Å². The van der Waals surface area contributed by atoms with Crippen LogP contribution in [0.15, 0.2) is 41.2 Å². The van der Waals surface area contributed by atoms with Gasteiger partial charge in [0, 0.05) is 25.2 Å². The number of nitrogens with zero attached hydrogens (tertiary/aromatic N) is 3. The average molecular weight is 477 g/mol. The molecule has 3 atom stereocenters. The van der Waals surface area contributed by atoms with Gasteiger partial charge in [-0.2, -0.15) is 0 Å². The van der Waals surface area contributed by atoms with Crippen molar-refractivity contribution in [2.45, 2.75) is 75.9 Å². The lowest BCUT2D eigenvalue weighted by Gasteiger charge is -2.43. The van der Waals surface area contributed by atoms with E-state index in [2.05, 4.69) is 23.1 Å². The molecule has 6 rings (SSSR count). The van der Waals surface area contributed by atoms with Crippen LogP contribution < -0.4 is 11.4 Å². The van der Waals surface area contributed by atoms with Crippen LogP contribution in [0.2, 0.25) is 0 Å². The maximum Gasteiger partial charge on any atom is 0.330 e. The third-order valence-electron chi connectivity index (χ3n) is 8.76. The molecule has 7 heteroatoms. The van der Waals surface area contributed by atoms with Crippen LogP contribution in [0.5, 0.6) is 0 Å². The minimum Gasteiger partial charge on any atom is -0.368 e. The number of piperidine rings is 1. The van der Waals surface area contributed by atoms with Crippen LogP contribution in [-0.4, -0.2) is 33.0 Å². The van der Waals surface area contributed by atoms with Crippen molar-refractivity contribution < 1.29 is 9.18 Å². The van der Waals surface area contributed by atoms with Crippen LogP contribution in [-0.2, 0) is 11.2 Å². The van der Waals surface area contributed by atoms with Gasteiger partial charge in [0.25, 0.3) is 0 Å². The summed E-state index contributed by atoms with van der Waals surface area (Å²) in [6.45, 7) is 3.42. The summed E-state index contributed by atoms with van der Waals surface area (Å²) in [5.74, 6) is -0.315. The summed E-state index contributed by atoms with van der Waals surface area (Å²) >= 11 is 0. The first-order valence-corrected chi connectivity index (χ1v) is 13.0. The molecule has 184 valence electrons. The Morgan fingerprint density at radius 2 is 1.86 bits per heavy atom. The van der Waals surface area contributed by atoms with Gasteiger partial charge in [-0.1, -0.05) is 18.2 Å². The third-order valence-corrected chi connectivity index (χ3v) is 8.76. The van der Waals surface area contributed by atoms with E-state index in [-0.39, 0.29) is 11.7 Å². The van der Waals surface area contributed by atoms with E-state index in [4.69, 9.17) is 5.73 Å². The Morgan fingerprint density at radius 3 is 2.63 bits per heavy atom. The number of carbonyl (C=O) groups excluding carboxylic acids is 1. The maximum absolute atomic E-state index is 14.1. The zero-order valence-corrected chi connectivity index (χ0v) is 20.3. The summed E-state index contributed by atoms with van der Waals surface area (Å²) in [6, 6.07) is 10.9. The van der Waals surface area contributed by atoms with Gasteiger partial charge in [0.15, 0.2) is 0 Å². The smallest absolute Gasteiger partial charge is 0.330 e. The molecule has 3 aromatic rings. The lowest BCUT2D eigenvalue weighted by Crippen LogP contribution is -2.41. The van der Waals surface area contributed by atoms with E-state index in [9.17, 15) is 14.0 Å². The van der Waals surface area contributed by atoms with Crippen molar-refractivity contribution in [1.29, 1.82) is 0 Å². The van der Waals surface area contributed by atoms with Crippen molar-refractivity contribution in [3.8, 4) is 0 Å². The molecule has 35 heavy (non-hydrogen) atoms. The molecular formula is C28H33FN4O2. The highest BCUT2D eigenvalue weighted by Crippen LogP contribution is 2.47. The molecule has 1 fully saturated rings. The summed E-state index contributed by atoms with van der Waals surface area (Å²) in [7, 11) is 0. The van der Waals surface area contributed by atoms with E-state index < -0.39 is 17.8 Å². The first kappa shape index (κ1) is 22.5. The molecule has 1 aromatic heterocycles. The second kappa shape index (κ2) is 8.63. The number of imidazole rings is 1. The van der Waals surface area contributed by atoms with Gasteiger partial charge < -0.3 is 5.73 Å². The maximum atomic E-state index is 14.1. The van der Waals surface area contributed by atoms with Crippen LogP contribution in [0.1, 0.15) is 86.2 Å². The van der Waals surface area contributed by atoms with E-state index in [1.807, 2.05) is 0 Å². The lowest BCUT2D eigenvalue weighted by atomic mass is 9.71. The van der Waals surface area contributed by atoms with Crippen LogP contribution in [0, 0.1) is 5.82 Å². The predicted octanol–water partition coefficient (Wildman–Crippen LogP) is 4.58. The number of aromatic nitrogens is 2. The molecule has 3 aliphatic rings. The van der Waals surface area contributed by atoms with Crippen LogP contribution in [0.4, 0.5) is 4.39 Å². The second-order valence-corrected chi connectivity index (χ2v) is 10.6. The highest BCUT2D eigenvalue weighted by molar-refractivity contribution is 5.82. The van der Waals surface area contributed by atoms with Crippen molar-refractivity contribution in [3.05, 3.63) is 69.4 Å².